The van der Waals surface area contributed by atoms with Crippen LogP contribution in [-0.2, 0) is 0 Å². The Morgan fingerprint density at radius 1 is 0.408 bits per heavy atom. The minimum atomic E-state index is -0.467. The molecular weight excluding hydrogens is 867 g/mol. The van der Waals surface area contributed by atoms with Gasteiger partial charge < -0.3 is 18.9 Å². The number of para-hydroxylation sites is 4. The largest absolute Gasteiger partial charge is 0.456 e. The van der Waals surface area contributed by atoms with Gasteiger partial charge in [0.1, 0.15) is 23.2 Å². The van der Waals surface area contributed by atoms with Crippen LogP contribution in [-0.4, -0.2) is 20.8 Å². The number of hydrogen-bond donors (Lipinski definition) is 1. The van der Waals surface area contributed by atoms with Gasteiger partial charge in [0.05, 0.1) is 33.1 Å². The predicted octanol–water partition coefficient (Wildman–Crippen LogP) is 16.2. The molecule has 1 aliphatic heterocycles. The topological polar surface area (TPSA) is 59.8 Å². The van der Waals surface area contributed by atoms with Crippen LogP contribution in [0.15, 0.2) is 251 Å². The van der Waals surface area contributed by atoms with Gasteiger partial charge in [0, 0.05) is 49.1 Å². The summed E-state index contributed by atoms with van der Waals surface area (Å²) in [6, 6.07) is 84.5. The Hall–Kier alpha value is -9.52. The predicted molar refractivity (Wildman–Crippen MR) is 295 cm³/mol. The first-order valence-electron chi connectivity index (χ1n) is 24.2. The minimum absolute atomic E-state index is 0.467. The Morgan fingerprint density at radius 2 is 1.07 bits per heavy atom. The highest BCUT2D eigenvalue weighted by Crippen LogP contribution is 2.43. The molecule has 1 unspecified atom stereocenters. The van der Waals surface area contributed by atoms with E-state index in [-0.39, 0.29) is 0 Å². The van der Waals surface area contributed by atoms with E-state index in [9.17, 15) is 0 Å². The van der Waals surface area contributed by atoms with Crippen molar-refractivity contribution in [3.63, 3.8) is 0 Å². The standard InChI is InChI=1S/C65H41N5O/c1-3-16-40(17-4-1)41-30-32-43(33-31-41)63-66-64(68-65(67-63)53-27-15-26-50-49-24-11-13-28-55(49)69(62(50)53)47-21-5-2-6-22-47)46-38-57(60-52-25-12-14-29-58(52)71-59(60)39-46)70-56-37-45-20-8-7-19-44(45)36-54(56)51-35-34-42-18-9-10-23-48(42)61(51)70/h1-39,63H,(H,66,67,68). The molecule has 0 radical (unpaired) electrons. The number of nitrogens with zero attached hydrogens (tertiary/aromatic N) is 4. The summed E-state index contributed by atoms with van der Waals surface area (Å²) in [5.74, 6) is 1.34. The van der Waals surface area contributed by atoms with Crippen LogP contribution >= 0.6 is 0 Å². The van der Waals surface area contributed by atoms with Gasteiger partial charge in [0.25, 0.3) is 0 Å². The molecule has 6 nitrogen and oxygen atoms in total. The fourth-order valence-electron chi connectivity index (χ4n) is 11.3. The average molecular weight is 908 g/mol. The molecule has 4 heterocycles. The summed E-state index contributed by atoms with van der Waals surface area (Å²) >= 11 is 0. The Bertz CT molecular complexity index is 4540. The number of aliphatic imine (C=N–C) groups is 2. The summed E-state index contributed by atoms with van der Waals surface area (Å²) in [6.07, 6.45) is -0.467. The summed E-state index contributed by atoms with van der Waals surface area (Å²) in [6.45, 7) is 0. The molecule has 14 aromatic rings. The van der Waals surface area contributed by atoms with Gasteiger partial charge in [-0.25, -0.2) is 9.98 Å². The lowest BCUT2D eigenvalue weighted by Gasteiger charge is -2.25. The van der Waals surface area contributed by atoms with Crippen molar-refractivity contribution in [2.24, 2.45) is 9.98 Å². The Balaban J connectivity index is 1.01. The molecule has 0 amide bonds. The summed E-state index contributed by atoms with van der Waals surface area (Å²) in [4.78, 5) is 11.2. The Labute approximate surface area is 407 Å². The molecule has 0 aliphatic carbocycles. The molecular formula is C65H41N5O. The maximum absolute atomic E-state index is 6.91. The van der Waals surface area contributed by atoms with Crippen LogP contribution < -0.4 is 5.32 Å². The van der Waals surface area contributed by atoms with Crippen molar-refractivity contribution in [1.29, 1.82) is 0 Å². The van der Waals surface area contributed by atoms with Crippen LogP contribution in [0.25, 0.3) is 110 Å². The van der Waals surface area contributed by atoms with E-state index in [1.807, 2.05) is 6.07 Å². The van der Waals surface area contributed by atoms with E-state index >= 15 is 0 Å². The number of hydrogen-bond acceptors (Lipinski definition) is 4. The zero-order valence-corrected chi connectivity index (χ0v) is 38.3. The highest BCUT2D eigenvalue weighted by molar-refractivity contribution is 6.25. The van der Waals surface area contributed by atoms with Gasteiger partial charge in [0.2, 0.25) is 0 Å². The van der Waals surface area contributed by atoms with E-state index in [1.165, 1.54) is 43.3 Å². The fourth-order valence-corrected chi connectivity index (χ4v) is 11.3. The molecule has 0 saturated heterocycles. The van der Waals surface area contributed by atoms with Gasteiger partial charge in [0.15, 0.2) is 5.84 Å². The second-order valence-corrected chi connectivity index (χ2v) is 18.5. The van der Waals surface area contributed by atoms with Crippen LogP contribution in [0.1, 0.15) is 22.9 Å². The number of aromatic nitrogens is 2. The molecule has 332 valence electrons. The zero-order valence-electron chi connectivity index (χ0n) is 38.3. The van der Waals surface area contributed by atoms with Gasteiger partial charge in [-0.2, -0.15) is 0 Å². The van der Waals surface area contributed by atoms with Gasteiger partial charge in [-0.05, 0) is 87.4 Å². The molecule has 1 aliphatic rings. The van der Waals surface area contributed by atoms with Crippen LogP contribution in [0.4, 0.5) is 0 Å². The third-order valence-electron chi connectivity index (χ3n) is 14.5. The highest BCUT2D eigenvalue weighted by Gasteiger charge is 2.27. The van der Waals surface area contributed by atoms with E-state index < -0.39 is 6.17 Å². The van der Waals surface area contributed by atoms with Crippen molar-refractivity contribution in [3.05, 3.63) is 253 Å². The Morgan fingerprint density at radius 3 is 1.90 bits per heavy atom. The Kier molecular flexibility index (Phi) is 8.62. The van der Waals surface area contributed by atoms with Gasteiger partial charge in [-0.1, -0.05) is 182 Å². The molecule has 0 bridgehead atoms. The van der Waals surface area contributed by atoms with E-state index in [0.717, 1.165) is 83.0 Å². The summed E-state index contributed by atoms with van der Waals surface area (Å²) in [7, 11) is 0. The van der Waals surface area contributed by atoms with Gasteiger partial charge in [-0.3, -0.25) is 0 Å². The lowest BCUT2D eigenvalue weighted by atomic mass is 10.0. The van der Waals surface area contributed by atoms with Crippen LogP contribution in [0.2, 0.25) is 0 Å². The lowest BCUT2D eigenvalue weighted by Crippen LogP contribution is -2.33. The van der Waals surface area contributed by atoms with E-state index in [0.29, 0.717) is 11.7 Å². The van der Waals surface area contributed by atoms with Crippen LogP contribution in [0, 0.1) is 0 Å². The molecule has 0 saturated carbocycles. The van der Waals surface area contributed by atoms with Crippen molar-refractivity contribution in [2.75, 3.05) is 0 Å². The molecule has 15 rings (SSSR count). The van der Waals surface area contributed by atoms with Crippen LogP contribution in [0.5, 0.6) is 0 Å². The first-order valence-corrected chi connectivity index (χ1v) is 24.2. The third kappa shape index (κ3) is 6.14. The molecule has 71 heavy (non-hydrogen) atoms. The quantitative estimate of drug-likeness (QED) is 0.181. The van der Waals surface area contributed by atoms with E-state index in [2.05, 4.69) is 245 Å². The van der Waals surface area contributed by atoms with Gasteiger partial charge >= 0.3 is 0 Å². The summed E-state index contributed by atoms with van der Waals surface area (Å²) in [5.41, 5.74) is 13.3. The first-order chi connectivity index (χ1) is 35.2. The number of nitrogens with one attached hydrogen (secondary N) is 1. The molecule has 6 heteroatoms. The van der Waals surface area contributed by atoms with E-state index in [4.69, 9.17) is 14.4 Å². The van der Waals surface area contributed by atoms with Crippen molar-refractivity contribution in [1.82, 2.24) is 14.5 Å². The molecule has 0 fully saturated rings. The monoisotopic (exact) mass is 907 g/mol. The molecule has 11 aromatic carbocycles. The minimum Gasteiger partial charge on any atom is -0.456 e. The molecule has 1 atom stereocenters. The highest BCUT2D eigenvalue weighted by atomic mass is 16.3. The molecule has 3 aromatic heterocycles. The van der Waals surface area contributed by atoms with Crippen molar-refractivity contribution in [2.45, 2.75) is 6.17 Å². The smallest absolute Gasteiger partial charge is 0.161 e. The third-order valence-corrected chi connectivity index (χ3v) is 14.5. The average Bonchev–Trinajstić information content (AvgIpc) is 4.10. The van der Waals surface area contributed by atoms with Crippen LogP contribution in [0.3, 0.4) is 0 Å². The molecule has 1 N–H and O–H groups in total. The zero-order chi connectivity index (χ0) is 46.6. The lowest BCUT2D eigenvalue weighted by molar-refractivity contribution is 0.666. The normalized spacial score (nSPS) is 14.1. The van der Waals surface area contributed by atoms with E-state index in [1.54, 1.807) is 0 Å². The number of furan rings is 1. The SMILES string of the molecule is c1ccc(-c2ccc(C3N=C(c4cccc5c6ccccc6n(-c6ccccc6)c45)N=C(c4cc(-n5c6cc7ccccc7cc6c6ccc7ccccc7c65)c5c(c4)oc4ccccc45)N3)cc2)cc1. The van der Waals surface area contributed by atoms with Gasteiger partial charge in [-0.15, -0.1) is 0 Å². The van der Waals surface area contributed by atoms with Crippen molar-refractivity contribution >= 4 is 98.8 Å². The number of fused-ring (bicyclic) bond motifs is 12. The maximum atomic E-state index is 6.91. The number of amidine groups is 2. The second kappa shape index (κ2) is 15.5. The second-order valence-electron chi connectivity index (χ2n) is 18.5. The molecule has 0 spiro atoms. The number of benzene rings is 11. The van der Waals surface area contributed by atoms with Crippen molar-refractivity contribution in [3.8, 4) is 22.5 Å². The summed E-state index contributed by atoms with van der Waals surface area (Å²) in [5, 5.41) is 15.4. The van der Waals surface area contributed by atoms with Crippen molar-refractivity contribution < 1.29 is 4.42 Å². The fraction of sp³-hybridized carbons (Fsp3) is 0.0154. The maximum Gasteiger partial charge on any atom is 0.161 e. The number of rotatable bonds is 6. The summed E-state index contributed by atoms with van der Waals surface area (Å²) < 4.78 is 11.7. The first kappa shape index (κ1) is 39.5.